The summed E-state index contributed by atoms with van der Waals surface area (Å²) in [6.45, 7) is 2.96. The van der Waals surface area contributed by atoms with Gasteiger partial charge in [0.15, 0.2) is 0 Å². The minimum Gasteiger partial charge on any atom is -0.508 e. The van der Waals surface area contributed by atoms with Gasteiger partial charge in [-0.2, -0.15) is 0 Å². The normalized spacial score (nSPS) is 16.5. The van der Waals surface area contributed by atoms with Crippen LogP contribution in [-0.4, -0.2) is 28.4 Å². The third-order valence-corrected chi connectivity index (χ3v) is 5.20. The number of phenols is 1. The highest BCUT2D eigenvalue weighted by molar-refractivity contribution is 6.04. The van der Waals surface area contributed by atoms with Gasteiger partial charge in [0.25, 0.3) is 0 Å². The molecule has 1 aliphatic rings. The summed E-state index contributed by atoms with van der Waals surface area (Å²) in [5.74, 6) is -0.410. The topological polar surface area (TPSA) is 69.6 Å². The Hall–Kier alpha value is -3.34. The van der Waals surface area contributed by atoms with Gasteiger partial charge in [0, 0.05) is 30.6 Å². The molecule has 0 unspecified atom stereocenters. The van der Waals surface area contributed by atoms with Gasteiger partial charge in [-0.05, 0) is 36.1 Å². The first-order valence-electron chi connectivity index (χ1n) is 9.35. The Labute approximate surface area is 163 Å². The quantitative estimate of drug-likeness (QED) is 0.729. The van der Waals surface area contributed by atoms with E-state index in [0.29, 0.717) is 18.8 Å². The van der Waals surface area contributed by atoms with Gasteiger partial charge in [-0.1, -0.05) is 48.0 Å². The van der Waals surface area contributed by atoms with E-state index in [1.165, 1.54) is 5.56 Å². The lowest BCUT2D eigenvalue weighted by molar-refractivity contribution is -0.128. The third kappa shape index (κ3) is 3.69. The van der Waals surface area contributed by atoms with Crippen LogP contribution in [0, 0.1) is 12.8 Å². The van der Waals surface area contributed by atoms with E-state index in [-0.39, 0.29) is 29.9 Å². The van der Waals surface area contributed by atoms with Crippen LogP contribution in [0.15, 0.2) is 60.7 Å². The predicted molar refractivity (Wildman–Crippen MR) is 109 cm³/mol. The van der Waals surface area contributed by atoms with Crippen molar-refractivity contribution in [1.29, 1.82) is 0 Å². The smallest absolute Gasteiger partial charge is 0.229 e. The molecule has 1 aliphatic heterocycles. The zero-order valence-electron chi connectivity index (χ0n) is 15.7. The number of nitrogens with one attached hydrogen (secondary N) is 1. The summed E-state index contributed by atoms with van der Waals surface area (Å²) in [6.07, 6.45) is 0.216. The van der Waals surface area contributed by atoms with E-state index in [1.807, 2.05) is 49.4 Å². The number of aryl methyl sites for hydroxylation is 1. The molecule has 28 heavy (non-hydrogen) atoms. The number of fused-ring (bicyclic) bond motifs is 1. The van der Waals surface area contributed by atoms with Crippen LogP contribution in [0.1, 0.15) is 17.5 Å². The lowest BCUT2D eigenvalue weighted by Gasteiger charge is -2.17. The first kappa shape index (κ1) is 18.0. The number of benzene rings is 3. The molecule has 2 N–H and O–H groups in total. The summed E-state index contributed by atoms with van der Waals surface area (Å²) in [5.41, 5.74) is 2.88. The Morgan fingerprint density at radius 1 is 1.14 bits per heavy atom. The Kier molecular flexibility index (Phi) is 4.74. The molecule has 142 valence electrons. The van der Waals surface area contributed by atoms with Crippen molar-refractivity contribution in [1.82, 2.24) is 4.90 Å². The summed E-state index contributed by atoms with van der Waals surface area (Å²) in [4.78, 5) is 26.9. The Morgan fingerprint density at radius 3 is 2.71 bits per heavy atom. The van der Waals surface area contributed by atoms with Crippen LogP contribution in [-0.2, 0) is 16.1 Å². The summed E-state index contributed by atoms with van der Waals surface area (Å²) < 4.78 is 0. The minimum atomic E-state index is -0.384. The van der Waals surface area contributed by atoms with E-state index in [2.05, 4.69) is 5.32 Å². The van der Waals surface area contributed by atoms with Crippen molar-refractivity contribution in [2.75, 3.05) is 11.9 Å². The molecule has 0 aromatic heterocycles. The monoisotopic (exact) mass is 374 g/mol. The Balaban J connectivity index is 1.47. The molecule has 4 rings (SSSR count). The van der Waals surface area contributed by atoms with Crippen LogP contribution in [0.2, 0.25) is 0 Å². The number of phenolic OH excluding ortho intramolecular Hbond substituents is 1. The summed E-state index contributed by atoms with van der Waals surface area (Å²) in [5, 5.41) is 14.4. The number of rotatable bonds is 4. The van der Waals surface area contributed by atoms with E-state index in [4.69, 9.17) is 0 Å². The van der Waals surface area contributed by atoms with Crippen molar-refractivity contribution < 1.29 is 14.7 Å². The molecule has 0 aliphatic carbocycles. The number of nitrogens with zero attached hydrogens (tertiary/aromatic N) is 1. The molecule has 1 heterocycles. The molecule has 2 amide bonds. The minimum absolute atomic E-state index is 0.00344. The fourth-order valence-corrected chi connectivity index (χ4v) is 3.62. The highest BCUT2D eigenvalue weighted by atomic mass is 16.3. The number of hydrogen-bond acceptors (Lipinski definition) is 3. The van der Waals surface area contributed by atoms with Crippen molar-refractivity contribution >= 4 is 28.3 Å². The first-order valence-corrected chi connectivity index (χ1v) is 9.35. The highest BCUT2D eigenvalue weighted by Gasteiger charge is 2.34. The molecule has 1 fully saturated rings. The van der Waals surface area contributed by atoms with E-state index >= 15 is 0 Å². The maximum atomic E-state index is 12.8. The molecule has 1 atom stereocenters. The second kappa shape index (κ2) is 7.35. The van der Waals surface area contributed by atoms with Crippen LogP contribution >= 0.6 is 0 Å². The van der Waals surface area contributed by atoms with Crippen LogP contribution in [0.3, 0.4) is 0 Å². The second-order valence-corrected chi connectivity index (χ2v) is 7.36. The van der Waals surface area contributed by atoms with Crippen LogP contribution in [0.25, 0.3) is 10.8 Å². The summed E-state index contributed by atoms with van der Waals surface area (Å²) >= 11 is 0. The molecule has 5 heteroatoms. The largest absolute Gasteiger partial charge is 0.508 e. The van der Waals surface area contributed by atoms with Crippen LogP contribution in [0.5, 0.6) is 5.75 Å². The molecular weight excluding hydrogens is 352 g/mol. The zero-order valence-corrected chi connectivity index (χ0v) is 15.7. The summed E-state index contributed by atoms with van der Waals surface area (Å²) in [7, 11) is 0. The lowest BCUT2D eigenvalue weighted by Crippen LogP contribution is -2.28. The van der Waals surface area contributed by atoms with Gasteiger partial charge in [-0.15, -0.1) is 0 Å². The predicted octanol–water partition coefficient (Wildman–Crippen LogP) is 3.84. The van der Waals surface area contributed by atoms with Gasteiger partial charge in [0.2, 0.25) is 11.8 Å². The van der Waals surface area contributed by atoms with Gasteiger partial charge in [-0.3, -0.25) is 9.59 Å². The molecule has 5 nitrogen and oxygen atoms in total. The molecule has 1 saturated heterocycles. The third-order valence-electron chi connectivity index (χ3n) is 5.20. The van der Waals surface area contributed by atoms with Gasteiger partial charge >= 0.3 is 0 Å². The Morgan fingerprint density at radius 2 is 1.93 bits per heavy atom. The van der Waals surface area contributed by atoms with Gasteiger partial charge in [0.05, 0.1) is 5.92 Å². The maximum absolute atomic E-state index is 12.8. The highest BCUT2D eigenvalue weighted by Crippen LogP contribution is 2.28. The van der Waals surface area contributed by atoms with Crippen LogP contribution in [0.4, 0.5) is 5.69 Å². The maximum Gasteiger partial charge on any atom is 0.229 e. The zero-order chi connectivity index (χ0) is 19.7. The van der Waals surface area contributed by atoms with E-state index in [9.17, 15) is 14.7 Å². The van der Waals surface area contributed by atoms with Gasteiger partial charge < -0.3 is 15.3 Å². The first-order chi connectivity index (χ1) is 13.5. The number of likely N-dealkylation sites (tertiary alicyclic amines) is 1. The van der Waals surface area contributed by atoms with Crippen molar-refractivity contribution in [3.8, 4) is 5.75 Å². The molecule has 0 saturated carbocycles. The summed E-state index contributed by atoms with van der Waals surface area (Å²) in [6, 6.07) is 18.7. The molecule has 3 aromatic carbocycles. The standard InChI is InChI=1S/C23H22N2O3/c1-15-5-7-16(8-6-15)13-25-14-18(11-22(25)27)23(28)24-21-4-2-3-17-9-10-19(26)12-20(17)21/h2-10,12,18,26H,11,13-14H2,1H3,(H,24,28)/t18-/m0/s1. The average Bonchev–Trinajstić information content (AvgIpc) is 3.05. The fraction of sp³-hybridized carbons (Fsp3) is 0.217. The molecule has 0 bridgehead atoms. The van der Waals surface area contributed by atoms with Crippen molar-refractivity contribution in [3.63, 3.8) is 0 Å². The number of carbonyl (C=O) groups excluding carboxylic acids is 2. The second-order valence-electron chi connectivity index (χ2n) is 7.36. The number of anilines is 1. The fourth-order valence-electron chi connectivity index (χ4n) is 3.62. The lowest BCUT2D eigenvalue weighted by atomic mass is 10.1. The van der Waals surface area contributed by atoms with Gasteiger partial charge in [0.1, 0.15) is 5.75 Å². The van der Waals surface area contributed by atoms with Crippen molar-refractivity contribution in [2.45, 2.75) is 19.9 Å². The number of carbonyl (C=O) groups is 2. The van der Waals surface area contributed by atoms with Crippen molar-refractivity contribution in [2.24, 2.45) is 5.92 Å². The van der Waals surface area contributed by atoms with Crippen molar-refractivity contribution in [3.05, 3.63) is 71.8 Å². The molecule has 3 aromatic rings. The number of hydrogen-bond donors (Lipinski definition) is 2. The molecule has 0 radical (unpaired) electrons. The van der Waals surface area contributed by atoms with E-state index in [0.717, 1.165) is 16.3 Å². The van der Waals surface area contributed by atoms with Crippen LogP contribution < -0.4 is 5.32 Å². The molecule has 0 spiro atoms. The van der Waals surface area contributed by atoms with E-state index < -0.39 is 0 Å². The average molecular weight is 374 g/mol. The molecular formula is C23H22N2O3. The number of aromatic hydroxyl groups is 1. The SMILES string of the molecule is Cc1ccc(CN2C[C@@H](C(=O)Nc3cccc4ccc(O)cc34)CC2=O)cc1. The van der Waals surface area contributed by atoms with Gasteiger partial charge in [-0.25, -0.2) is 0 Å². The van der Waals surface area contributed by atoms with E-state index in [1.54, 1.807) is 23.1 Å². The Bertz CT molecular complexity index is 1040. The number of amides is 2.